The summed E-state index contributed by atoms with van der Waals surface area (Å²) in [6.07, 6.45) is 1.09. The number of rotatable bonds is 4. The molecule has 0 amide bonds. The first-order valence-electron chi connectivity index (χ1n) is 7.30. The van der Waals surface area contributed by atoms with Crippen molar-refractivity contribution in [2.24, 2.45) is 5.92 Å². The number of quaternary nitrogens is 1. The van der Waals surface area contributed by atoms with E-state index in [0.29, 0.717) is 24.1 Å². The molecule has 1 aromatic carbocycles. The Morgan fingerprint density at radius 1 is 1.32 bits per heavy atom. The van der Waals surface area contributed by atoms with Crippen LogP contribution in [0.2, 0.25) is 0 Å². The Balaban J connectivity index is 2.11. The quantitative estimate of drug-likeness (QED) is 0.837. The van der Waals surface area contributed by atoms with Crippen LogP contribution < -0.4 is 5.06 Å². The zero-order valence-electron chi connectivity index (χ0n) is 12.4. The predicted molar refractivity (Wildman–Crippen MR) is 78.8 cm³/mol. The molecule has 1 aliphatic rings. The molecular formula is C16H26N2O. The van der Waals surface area contributed by atoms with E-state index in [-0.39, 0.29) is 5.54 Å². The van der Waals surface area contributed by atoms with Crippen LogP contribution in [-0.2, 0) is 6.54 Å². The highest BCUT2D eigenvalue weighted by Crippen LogP contribution is 2.26. The van der Waals surface area contributed by atoms with E-state index in [2.05, 4.69) is 56.0 Å². The van der Waals surface area contributed by atoms with Crippen molar-refractivity contribution in [3.63, 3.8) is 0 Å². The number of piperazine rings is 1. The lowest BCUT2D eigenvalue weighted by molar-refractivity contribution is -0.861. The average molecular weight is 262 g/mol. The molecule has 1 fully saturated rings. The van der Waals surface area contributed by atoms with Crippen LogP contribution >= 0.6 is 0 Å². The third kappa shape index (κ3) is 3.78. The molecular weight excluding hydrogens is 236 g/mol. The van der Waals surface area contributed by atoms with Gasteiger partial charge >= 0.3 is 0 Å². The zero-order valence-corrected chi connectivity index (χ0v) is 12.4. The van der Waals surface area contributed by atoms with Crippen molar-refractivity contribution in [1.29, 1.82) is 0 Å². The smallest absolute Gasteiger partial charge is 0.0953 e. The Morgan fingerprint density at radius 2 is 2.00 bits per heavy atom. The molecule has 2 rings (SSSR count). The molecule has 2 unspecified atom stereocenters. The van der Waals surface area contributed by atoms with Crippen molar-refractivity contribution < 1.29 is 5.06 Å². The summed E-state index contributed by atoms with van der Waals surface area (Å²) in [5, 5.41) is 12.3. The molecule has 19 heavy (non-hydrogen) atoms. The summed E-state index contributed by atoms with van der Waals surface area (Å²) in [6.45, 7) is 10.0. The fourth-order valence-corrected chi connectivity index (χ4v) is 3.31. The summed E-state index contributed by atoms with van der Waals surface area (Å²) in [5.74, 6) is 0.620. The molecule has 2 atom stereocenters. The first-order chi connectivity index (χ1) is 8.99. The number of nitrogens with one attached hydrogen (secondary N) is 1. The van der Waals surface area contributed by atoms with Gasteiger partial charge in [0.1, 0.15) is 0 Å². The number of benzene rings is 1. The normalized spacial score (nSPS) is 28.8. The molecule has 0 radical (unpaired) electrons. The second-order valence-electron chi connectivity index (χ2n) is 6.47. The summed E-state index contributed by atoms with van der Waals surface area (Å²) in [5.41, 5.74) is 1.37. The Kier molecular flexibility index (Phi) is 4.61. The number of hydrogen-bond donors (Lipinski definition) is 1. The van der Waals surface area contributed by atoms with E-state index in [0.717, 1.165) is 19.5 Å². The minimum absolute atomic E-state index is 0.0271. The minimum Gasteiger partial charge on any atom is -0.634 e. The first-order valence-corrected chi connectivity index (χ1v) is 7.30. The molecule has 0 spiro atoms. The summed E-state index contributed by atoms with van der Waals surface area (Å²) >= 11 is 0. The molecule has 1 aromatic rings. The van der Waals surface area contributed by atoms with E-state index in [1.54, 1.807) is 0 Å². The fourth-order valence-electron chi connectivity index (χ4n) is 3.31. The topological polar surface area (TPSA) is 30.7 Å². The van der Waals surface area contributed by atoms with Crippen LogP contribution in [0.1, 0.15) is 32.8 Å². The van der Waals surface area contributed by atoms with Gasteiger partial charge in [0, 0.05) is 13.1 Å². The Hall–Kier alpha value is -0.900. The van der Waals surface area contributed by atoms with Crippen molar-refractivity contribution in [2.45, 2.75) is 39.3 Å². The summed E-state index contributed by atoms with van der Waals surface area (Å²) in [6, 6.07) is 10.6. The molecule has 1 aliphatic heterocycles. The van der Waals surface area contributed by atoms with Crippen molar-refractivity contribution in [1.82, 2.24) is 4.90 Å². The lowest BCUT2D eigenvalue weighted by atomic mass is 9.87. The van der Waals surface area contributed by atoms with Crippen LogP contribution in [0.4, 0.5) is 0 Å². The predicted octanol–water partition coefficient (Wildman–Crippen LogP) is 1.69. The lowest BCUT2D eigenvalue weighted by Crippen LogP contribution is -3.12. The van der Waals surface area contributed by atoms with Gasteiger partial charge in [0.2, 0.25) is 0 Å². The van der Waals surface area contributed by atoms with Crippen LogP contribution in [0.5, 0.6) is 0 Å². The third-order valence-corrected chi connectivity index (χ3v) is 4.07. The highest BCUT2D eigenvalue weighted by atomic mass is 16.5. The van der Waals surface area contributed by atoms with Crippen LogP contribution in [0.25, 0.3) is 0 Å². The van der Waals surface area contributed by atoms with Crippen molar-refractivity contribution in [3.8, 4) is 0 Å². The second-order valence-corrected chi connectivity index (χ2v) is 6.47. The summed E-state index contributed by atoms with van der Waals surface area (Å²) in [4.78, 5) is 2.50. The largest absolute Gasteiger partial charge is 0.634 e. The van der Waals surface area contributed by atoms with Crippen molar-refractivity contribution >= 4 is 0 Å². The maximum atomic E-state index is 11.8. The molecule has 0 bridgehead atoms. The van der Waals surface area contributed by atoms with Crippen molar-refractivity contribution in [3.05, 3.63) is 41.1 Å². The van der Waals surface area contributed by atoms with E-state index in [1.807, 2.05) is 0 Å². The van der Waals surface area contributed by atoms with Gasteiger partial charge in [-0.05, 0) is 24.8 Å². The average Bonchev–Trinajstić information content (AvgIpc) is 2.33. The molecule has 0 aliphatic carbocycles. The van der Waals surface area contributed by atoms with Gasteiger partial charge in [0.05, 0.1) is 18.6 Å². The molecule has 0 saturated carbocycles. The van der Waals surface area contributed by atoms with E-state index in [1.165, 1.54) is 5.56 Å². The lowest BCUT2D eigenvalue weighted by Gasteiger charge is -2.49. The molecule has 1 N–H and O–H groups in total. The van der Waals surface area contributed by atoms with Gasteiger partial charge in [-0.3, -0.25) is 4.90 Å². The molecule has 3 heteroatoms. The van der Waals surface area contributed by atoms with E-state index in [9.17, 15) is 5.21 Å². The van der Waals surface area contributed by atoms with Gasteiger partial charge in [-0.25, -0.2) is 0 Å². The van der Waals surface area contributed by atoms with Gasteiger partial charge in [-0.1, -0.05) is 44.2 Å². The van der Waals surface area contributed by atoms with Gasteiger partial charge in [0.25, 0.3) is 0 Å². The van der Waals surface area contributed by atoms with Gasteiger partial charge in [-0.15, -0.1) is 0 Å². The monoisotopic (exact) mass is 262 g/mol. The van der Waals surface area contributed by atoms with Crippen molar-refractivity contribution in [2.75, 3.05) is 19.6 Å². The highest BCUT2D eigenvalue weighted by Gasteiger charge is 2.38. The maximum absolute atomic E-state index is 11.8. The van der Waals surface area contributed by atoms with Crippen LogP contribution in [0, 0.1) is 11.1 Å². The molecule has 1 saturated heterocycles. The summed E-state index contributed by atoms with van der Waals surface area (Å²) < 4.78 is 0. The Morgan fingerprint density at radius 3 is 2.63 bits per heavy atom. The van der Waals surface area contributed by atoms with Gasteiger partial charge < -0.3 is 10.3 Å². The minimum atomic E-state index is 0.0271. The maximum Gasteiger partial charge on any atom is 0.0953 e. The van der Waals surface area contributed by atoms with E-state index in [4.69, 9.17) is 0 Å². The molecule has 106 valence electrons. The van der Waals surface area contributed by atoms with Crippen LogP contribution in [-0.4, -0.2) is 30.1 Å². The number of hydroxylamine groups is 2. The summed E-state index contributed by atoms with van der Waals surface area (Å²) in [7, 11) is 0. The van der Waals surface area contributed by atoms with Crippen LogP contribution in [0.15, 0.2) is 30.3 Å². The molecule has 0 aromatic heterocycles. The standard InChI is InChI=1S/C16H26N2O/c1-14(2)11-16(3)13-18(19)10-9-17(16)12-15-7-5-4-6-8-15/h4-8,14,18H,9-13H2,1-3H3. The SMILES string of the molecule is CC(C)CC1(C)C[NH+]([O-])CCN1Cc1ccccc1. The zero-order chi connectivity index (χ0) is 13.9. The Labute approximate surface area is 116 Å². The second kappa shape index (κ2) is 6.04. The van der Waals surface area contributed by atoms with Crippen LogP contribution in [0.3, 0.4) is 0 Å². The molecule has 1 heterocycles. The molecule has 3 nitrogen and oxygen atoms in total. The Bertz CT molecular complexity index is 389. The van der Waals surface area contributed by atoms with Gasteiger partial charge in [-0.2, -0.15) is 0 Å². The first kappa shape index (κ1) is 14.5. The fraction of sp³-hybridized carbons (Fsp3) is 0.625. The van der Waals surface area contributed by atoms with E-state index < -0.39 is 0 Å². The third-order valence-electron chi connectivity index (χ3n) is 4.07. The highest BCUT2D eigenvalue weighted by molar-refractivity contribution is 5.15. The number of hydrogen-bond acceptors (Lipinski definition) is 2. The van der Waals surface area contributed by atoms with E-state index >= 15 is 0 Å². The number of nitrogens with zero attached hydrogens (tertiary/aromatic N) is 1. The van der Waals surface area contributed by atoms with Gasteiger partial charge in [0.15, 0.2) is 0 Å².